The van der Waals surface area contributed by atoms with E-state index in [0.29, 0.717) is 12.3 Å². The highest BCUT2D eigenvalue weighted by atomic mass is 16.3. The summed E-state index contributed by atoms with van der Waals surface area (Å²) in [7, 11) is 0. The number of amides is 1. The molecule has 0 bridgehead atoms. The van der Waals surface area contributed by atoms with E-state index in [0.717, 1.165) is 24.8 Å². The number of hydrogen-bond acceptors (Lipinski definition) is 2. The maximum atomic E-state index is 12.8. The Morgan fingerprint density at radius 3 is 2.50 bits per heavy atom. The summed E-state index contributed by atoms with van der Waals surface area (Å²) in [6.45, 7) is 4.31. The molecule has 0 radical (unpaired) electrons. The Labute approximate surface area is 134 Å². The van der Waals surface area contributed by atoms with Gasteiger partial charge in [-0.25, -0.2) is 0 Å². The molecule has 2 rings (SSSR count). The van der Waals surface area contributed by atoms with E-state index in [2.05, 4.69) is 19.2 Å². The van der Waals surface area contributed by atoms with E-state index in [9.17, 15) is 4.79 Å². The number of hydrogen-bond donors (Lipinski definition) is 2. The fourth-order valence-electron chi connectivity index (χ4n) is 3.48. The zero-order valence-corrected chi connectivity index (χ0v) is 13.8. The highest BCUT2D eigenvalue weighted by Gasteiger charge is 2.38. The second-order valence-electron chi connectivity index (χ2n) is 7.01. The average molecular weight is 303 g/mol. The lowest BCUT2D eigenvalue weighted by atomic mass is 9.76. The monoisotopic (exact) mass is 303 g/mol. The molecule has 0 spiro atoms. The molecule has 1 unspecified atom stereocenters. The summed E-state index contributed by atoms with van der Waals surface area (Å²) < 4.78 is 0. The molecule has 122 valence electrons. The van der Waals surface area contributed by atoms with E-state index in [1.165, 1.54) is 12.8 Å². The Hall–Kier alpha value is -1.35. The topological polar surface area (TPSA) is 49.3 Å². The molecule has 1 aliphatic carbocycles. The van der Waals surface area contributed by atoms with Crippen molar-refractivity contribution in [2.45, 2.75) is 58.4 Å². The molecule has 2 N–H and O–H groups in total. The highest BCUT2D eigenvalue weighted by molar-refractivity contribution is 5.82. The Bertz CT molecular complexity index is 464. The van der Waals surface area contributed by atoms with Crippen LogP contribution in [0.25, 0.3) is 0 Å². The highest BCUT2D eigenvalue weighted by Crippen LogP contribution is 2.40. The Morgan fingerprint density at radius 1 is 1.27 bits per heavy atom. The van der Waals surface area contributed by atoms with Crippen LogP contribution in [-0.2, 0) is 4.79 Å². The van der Waals surface area contributed by atoms with Crippen molar-refractivity contribution in [3.63, 3.8) is 0 Å². The number of aliphatic hydroxyl groups excluding tert-OH is 1. The van der Waals surface area contributed by atoms with Crippen molar-refractivity contribution in [1.82, 2.24) is 5.32 Å². The first-order valence-corrected chi connectivity index (χ1v) is 8.52. The molecule has 1 aliphatic rings. The van der Waals surface area contributed by atoms with E-state index in [1.54, 1.807) is 0 Å². The zero-order chi connectivity index (χ0) is 16.0. The van der Waals surface area contributed by atoms with Crippen molar-refractivity contribution in [2.75, 3.05) is 6.61 Å². The molecule has 1 atom stereocenters. The number of carbonyl (C=O) groups excluding carboxylic acids is 1. The summed E-state index contributed by atoms with van der Waals surface area (Å²) in [5.41, 5.74) is 0.800. The standard InChI is InChI=1S/C19H29NO2/c1-19(2,16-11-6-7-12-16)18(22)20-17(13-8-14-21)15-9-4-3-5-10-15/h3-5,9-10,16-17,21H,6-8,11-14H2,1-2H3,(H,20,22). The summed E-state index contributed by atoms with van der Waals surface area (Å²) in [6, 6.07) is 10.1. The lowest BCUT2D eigenvalue weighted by Gasteiger charge is -2.32. The summed E-state index contributed by atoms with van der Waals surface area (Å²) >= 11 is 0. The molecular formula is C19H29NO2. The van der Waals surface area contributed by atoms with Crippen LogP contribution in [0.5, 0.6) is 0 Å². The van der Waals surface area contributed by atoms with Crippen LogP contribution in [0.4, 0.5) is 0 Å². The van der Waals surface area contributed by atoms with Gasteiger partial charge in [0, 0.05) is 12.0 Å². The SMILES string of the molecule is CC(C)(C(=O)NC(CCCO)c1ccccc1)C1CCCC1. The minimum absolute atomic E-state index is 0.0125. The van der Waals surface area contributed by atoms with E-state index in [-0.39, 0.29) is 24.0 Å². The van der Waals surface area contributed by atoms with Crippen molar-refractivity contribution >= 4 is 5.91 Å². The Morgan fingerprint density at radius 2 is 1.91 bits per heavy atom. The Balaban J connectivity index is 2.07. The van der Waals surface area contributed by atoms with Gasteiger partial charge in [0.25, 0.3) is 0 Å². The third-order valence-corrected chi connectivity index (χ3v) is 5.12. The maximum Gasteiger partial charge on any atom is 0.226 e. The predicted octanol–water partition coefficient (Wildman–Crippen LogP) is 3.83. The molecular weight excluding hydrogens is 274 g/mol. The number of benzene rings is 1. The van der Waals surface area contributed by atoms with E-state index in [1.807, 2.05) is 30.3 Å². The van der Waals surface area contributed by atoms with Gasteiger partial charge in [0.2, 0.25) is 5.91 Å². The van der Waals surface area contributed by atoms with Crippen LogP contribution < -0.4 is 5.32 Å². The van der Waals surface area contributed by atoms with Crippen molar-refractivity contribution < 1.29 is 9.90 Å². The fraction of sp³-hybridized carbons (Fsp3) is 0.632. The van der Waals surface area contributed by atoms with Crippen LogP contribution in [0, 0.1) is 11.3 Å². The van der Waals surface area contributed by atoms with Crippen LogP contribution in [0.2, 0.25) is 0 Å². The molecule has 1 aromatic rings. The number of rotatable bonds is 7. The van der Waals surface area contributed by atoms with Crippen molar-refractivity contribution in [3.05, 3.63) is 35.9 Å². The zero-order valence-electron chi connectivity index (χ0n) is 13.8. The van der Waals surface area contributed by atoms with E-state index < -0.39 is 0 Å². The normalized spacial score (nSPS) is 17.4. The molecule has 0 aliphatic heterocycles. The molecule has 0 heterocycles. The van der Waals surface area contributed by atoms with Gasteiger partial charge in [0.15, 0.2) is 0 Å². The minimum atomic E-state index is -0.317. The van der Waals surface area contributed by atoms with Gasteiger partial charge in [0.05, 0.1) is 6.04 Å². The second kappa shape index (κ2) is 7.77. The predicted molar refractivity (Wildman–Crippen MR) is 89.4 cm³/mol. The lowest BCUT2D eigenvalue weighted by molar-refractivity contribution is -0.133. The number of carbonyl (C=O) groups is 1. The average Bonchev–Trinajstić information content (AvgIpc) is 3.07. The molecule has 3 heteroatoms. The molecule has 1 amide bonds. The Kier molecular flexibility index (Phi) is 6.01. The molecule has 0 aromatic heterocycles. The fourth-order valence-corrected chi connectivity index (χ4v) is 3.48. The van der Waals surface area contributed by atoms with Gasteiger partial charge in [-0.2, -0.15) is 0 Å². The van der Waals surface area contributed by atoms with Gasteiger partial charge in [-0.3, -0.25) is 4.79 Å². The number of nitrogens with one attached hydrogen (secondary N) is 1. The van der Waals surface area contributed by atoms with Crippen molar-refractivity contribution in [3.8, 4) is 0 Å². The number of aliphatic hydroxyl groups is 1. The molecule has 1 saturated carbocycles. The summed E-state index contributed by atoms with van der Waals surface area (Å²) in [4.78, 5) is 12.8. The molecule has 1 fully saturated rings. The first-order chi connectivity index (χ1) is 10.6. The second-order valence-corrected chi connectivity index (χ2v) is 7.01. The minimum Gasteiger partial charge on any atom is -0.396 e. The molecule has 22 heavy (non-hydrogen) atoms. The first-order valence-electron chi connectivity index (χ1n) is 8.52. The van der Waals surface area contributed by atoms with Crippen LogP contribution in [0.15, 0.2) is 30.3 Å². The quantitative estimate of drug-likeness (QED) is 0.804. The molecule has 0 saturated heterocycles. The van der Waals surface area contributed by atoms with Crippen LogP contribution in [0.3, 0.4) is 0 Å². The van der Waals surface area contributed by atoms with Crippen molar-refractivity contribution in [2.24, 2.45) is 11.3 Å². The third kappa shape index (κ3) is 4.10. The van der Waals surface area contributed by atoms with Gasteiger partial charge in [0.1, 0.15) is 0 Å². The molecule has 1 aromatic carbocycles. The van der Waals surface area contributed by atoms with Crippen LogP contribution >= 0.6 is 0 Å². The maximum absolute atomic E-state index is 12.8. The van der Waals surface area contributed by atoms with Crippen LogP contribution in [0.1, 0.15) is 64.0 Å². The van der Waals surface area contributed by atoms with Crippen LogP contribution in [-0.4, -0.2) is 17.6 Å². The summed E-state index contributed by atoms with van der Waals surface area (Å²) in [5.74, 6) is 0.632. The smallest absolute Gasteiger partial charge is 0.226 e. The van der Waals surface area contributed by atoms with Gasteiger partial charge >= 0.3 is 0 Å². The van der Waals surface area contributed by atoms with E-state index in [4.69, 9.17) is 5.11 Å². The van der Waals surface area contributed by atoms with E-state index >= 15 is 0 Å². The first kappa shape index (κ1) is 17.0. The molecule has 3 nitrogen and oxygen atoms in total. The van der Waals surface area contributed by atoms with Crippen molar-refractivity contribution in [1.29, 1.82) is 0 Å². The van der Waals surface area contributed by atoms with Gasteiger partial charge in [-0.15, -0.1) is 0 Å². The lowest BCUT2D eigenvalue weighted by Crippen LogP contribution is -2.42. The van der Waals surface area contributed by atoms with Gasteiger partial charge in [-0.05, 0) is 37.2 Å². The third-order valence-electron chi connectivity index (χ3n) is 5.12. The van der Waals surface area contributed by atoms with Gasteiger partial charge < -0.3 is 10.4 Å². The largest absolute Gasteiger partial charge is 0.396 e. The summed E-state index contributed by atoms with van der Waals surface area (Å²) in [5, 5.41) is 12.4. The van der Waals surface area contributed by atoms with Gasteiger partial charge in [-0.1, -0.05) is 57.0 Å². The summed E-state index contributed by atoms with van der Waals surface area (Å²) in [6.07, 6.45) is 6.28.